The van der Waals surface area contributed by atoms with Gasteiger partial charge in [0, 0.05) is 38.8 Å². The van der Waals surface area contributed by atoms with Crippen LogP contribution in [-0.4, -0.2) is 47.0 Å². The highest BCUT2D eigenvalue weighted by atomic mass is 16.3. The van der Waals surface area contributed by atoms with E-state index in [0.717, 1.165) is 30.5 Å². The van der Waals surface area contributed by atoms with Crippen LogP contribution in [0.3, 0.4) is 0 Å². The average molecular weight is 391 g/mol. The lowest BCUT2D eigenvalue weighted by Crippen LogP contribution is -2.49. The molecule has 0 atom stereocenters. The second-order valence-corrected chi connectivity index (χ2v) is 7.20. The average Bonchev–Trinajstić information content (AvgIpc) is 3.27. The van der Waals surface area contributed by atoms with Crippen LogP contribution in [0.25, 0.3) is 0 Å². The highest BCUT2D eigenvalue weighted by molar-refractivity contribution is 5.91. The van der Waals surface area contributed by atoms with Crippen LogP contribution >= 0.6 is 0 Å². The molecule has 1 saturated heterocycles. The van der Waals surface area contributed by atoms with Crippen LogP contribution in [0.15, 0.2) is 53.1 Å². The molecular formula is C22H25N5O2. The van der Waals surface area contributed by atoms with Gasteiger partial charge in [0.1, 0.15) is 17.5 Å². The fraction of sp³-hybridized carbons (Fsp3) is 0.318. The second-order valence-electron chi connectivity index (χ2n) is 7.20. The molecule has 0 spiro atoms. The topological polar surface area (TPSA) is 74.5 Å². The van der Waals surface area contributed by atoms with Crippen molar-refractivity contribution in [3.63, 3.8) is 0 Å². The third-order valence-corrected chi connectivity index (χ3v) is 5.17. The largest absolute Gasteiger partial charge is 0.459 e. The lowest BCUT2D eigenvalue weighted by molar-refractivity contribution is 0.0714. The fourth-order valence-electron chi connectivity index (χ4n) is 3.49. The number of furan rings is 1. The predicted octanol–water partition coefficient (Wildman–Crippen LogP) is 3.26. The summed E-state index contributed by atoms with van der Waals surface area (Å²) in [5.74, 6) is 2.75. The van der Waals surface area contributed by atoms with Crippen molar-refractivity contribution in [3.05, 3.63) is 71.4 Å². The van der Waals surface area contributed by atoms with Crippen molar-refractivity contribution in [2.45, 2.75) is 20.4 Å². The molecule has 29 heavy (non-hydrogen) atoms. The first-order valence-corrected chi connectivity index (χ1v) is 9.82. The zero-order valence-electron chi connectivity index (χ0n) is 16.8. The monoisotopic (exact) mass is 391 g/mol. The molecule has 0 saturated carbocycles. The Kier molecular flexibility index (Phi) is 5.46. The van der Waals surface area contributed by atoms with Crippen molar-refractivity contribution in [3.8, 4) is 0 Å². The standard InChI is InChI=1S/C22H25N5O2/c1-16-6-3-4-7-18(16)15-23-20-14-21(25-17(2)24-20)26-9-11-27(12-10-26)22(28)19-8-5-13-29-19/h3-8,13-14H,9-12,15H2,1-2H3,(H,23,24,25). The third kappa shape index (κ3) is 4.39. The Labute approximate surface area is 170 Å². The third-order valence-electron chi connectivity index (χ3n) is 5.17. The fourth-order valence-corrected chi connectivity index (χ4v) is 3.49. The van der Waals surface area contributed by atoms with Crippen molar-refractivity contribution in [2.24, 2.45) is 0 Å². The molecular weight excluding hydrogens is 366 g/mol. The van der Waals surface area contributed by atoms with Gasteiger partial charge < -0.3 is 19.5 Å². The molecule has 0 aliphatic carbocycles. The number of hydrogen-bond acceptors (Lipinski definition) is 6. The summed E-state index contributed by atoms with van der Waals surface area (Å²) >= 11 is 0. The molecule has 1 aliphatic rings. The molecule has 3 heterocycles. The van der Waals surface area contributed by atoms with Crippen molar-refractivity contribution in [1.29, 1.82) is 0 Å². The molecule has 7 heteroatoms. The lowest BCUT2D eigenvalue weighted by Gasteiger charge is -2.35. The number of aromatic nitrogens is 2. The van der Waals surface area contributed by atoms with Gasteiger partial charge in [-0.1, -0.05) is 24.3 Å². The summed E-state index contributed by atoms with van der Waals surface area (Å²) in [5, 5.41) is 3.41. The number of anilines is 2. The molecule has 1 amide bonds. The Morgan fingerprint density at radius 2 is 1.86 bits per heavy atom. The Morgan fingerprint density at radius 3 is 2.59 bits per heavy atom. The normalized spacial score (nSPS) is 14.1. The molecule has 4 rings (SSSR count). The molecule has 0 radical (unpaired) electrons. The molecule has 2 aromatic heterocycles. The Balaban J connectivity index is 1.40. The van der Waals surface area contributed by atoms with Crippen molar-refractivity contribution in [1.82, 2.24) is 14.9 Å². The number of benzene rings is 1. The zero-order valence-corrected chi connectivity index (χ0v) is 16.8. The van der Waals surface area contributed by atoms with E-state index in [0.29, 0.717) is 25.4 Å². The molecule has 1 fully saturated rings. The molecule has 3 aromatic rings. The molecule has 1 aliphatic heterocycles. The zero-order chi connectivity index (χ0) is 20.2. The maximum absolute atomic E-state index is 12.4. The van der Waals surface area contributed by atoms with E-state index in [-0.39, 0.29) is 5.91 Å². The first-order valence-electron chi connectivity index (χ1n) is 9.82. The van der Waals surface area contributed by atoms with Gasteiger partial charge in [-0.25, -0.2) is 9.97 Å². The summed E-state index contributed by atoms with van der Waals surface area (Å²) in [6.45, 7) is 7.44. The second kappa shape index (κ2) is 8.34. The minimum absolute atomic E-state index is 0.0610. The van der Waals surface area contributed by atoms with Gasteiger partial charge in [0.05, 0.1) is 6.26 Å². The Bertz CT molecular complexity index is 979. The quantitative estimate of drug-likeness (QED) is 0.720. The van der Waals surface area contributed by atoms with Gasteiger partial charge >= 0.3 is 0 Å². The summed E-state index contributed by atoms with van der Waals surface area (Å²) in [6, 6.07) is 13.7. The van der Waals surface area contributed by atoms with E-state index >= 15 is 0 Å². The minimum atomic E-state index is -0.0610. The predicted molar refractivity (Wildman–Crippen MR) is 112 cm³/mol. The van der Waals surface area contributed by atoms with E-state index in [1.54, 1.807) is 12.1 Å². The van der Waals surface area contributed by atoms with Gasteiger partial charge in [-0.2, -0.15) is 0 Å². The molecule has 0 bridgehead atoms. The van der Waals surface area contributed by atoms with Gasteiger partial charge in [0.25, 0.3) is 5.91 Å². The van der Waals surface area contributed by atoms with E-state index in [4.69, 9.17) is 4.42 Å². The maximum atomic E-state index is 12.4. The van der Waals surface area contributed by atoms with E-state index in [9.17, 15) is 4.79 Å². The summed E-state index contributed by atoms with van der Waals surface area (Å²) in [4.78, 5) is 25.6. The van der Waals surface area contributed by atoms with Crippen LogP contribution in [0.2, 0.25) is 0 Å². The number of carbonyl (C=O) groups is 1. The smallest absolute Gasteiger partial charge is 0.289 e. The summed E-state index contributed by atoms with van der Waals surface area (Å²) in [5.41, 5.74) is 2.50. The molecule has 7 nitrogen and oxygen atoms in total. The number of amides is 1. The number of aryl methyl sites for hydroxylation is 2. The van der Waals surface area contributed by atoms with Gasteiger partial charge in [0.2, 0.25) is 0 Å². The number of nitrogens with one attached hydrogen (secondary N) is 1. The van der Waals surface area contributed by atoms with Crippen LogP contribution in [0.4, 0.5) is 11.6 Å². The van der Waals surface area contributed by atoms with Crippen molar-refractivity contribution >= 4 is 17.5 Å². The first-order chi connectivity index (χ1) is 14.1. The number of carbonyl (C=O) groups excluding carboxylic acids is 1. The summed E-state index contributed by atoms with van der Waals surface area (Å²) in [7, 11) is 0. The van der Waals surface area contributed by atoms with Gasteiger partial charge in [-0.3, -0.25) is 4.79 Å². The molecule has 1 aromatic carbocycles. The molecule has 150 valence electrons. The van der Waals surface area contributed by atoms with Crippen LogP contribution < -0.4 is 10.2 Å². The summed E-state index contributed by atoms with van der Waals surface area (Å²) in [6.07, 6.45) is 1.53. The lowest BCUT2D eigenvalue weighted by atomic mass is 10.1. The van der Waals surface area contributed by atoms with Gasteiger partial charge in [-0.05, 0) is 37.1 Å². The van der Waals surface area contributed by atoms with Crippen LogP contribution in [-0.2, 0) is 6.54 Å². The van der Waals surface area contributed by atoms with Gasteiger partial charge in [0.15, 0.2) is 5.76 Å². The van der Waals surface area contributed by atoms with Crippen LogP contribution in [0.5, 0.6) is 0 Å². The number of nitrogens with zero attached hydrogens (tertiary/aromatic N) is 4. The number of hydrogen-bond donors (Lipinski definition) is 1. The summed E-state index contributed by atoms with van der Waals surface area (Å²) < 4.78 is 5.23. The Morgan fingerprint density at radius 1 is 1.07 bits per heavy atom. The van der Waals surface area contributed by atoms with Crippen molar-refractivity contribution < 1.29 is 9.21 Å². The highest BCUT2D eigenvalue weighted by Crippen LogP contribution is 2.20. The van der Waals surface area contributed by atoms with Crippen molar-refractivity contribution in [2.75, 3.05) is 36.4 Å². The minimum Gasteiger partial charge on any atom is -0.459 e. The van der Waals surface area contributed by atoms with E-state index in [2.05, 4.69) is 39.2 Å². The highest BCUT2D eigenvalue weighted by Gasteiger charge is 2.24. The van der Waals surface area contributed by atoms with E-state index in [1.165, 1.54) is 17.4 Å². The first kappa shape index (κ1) is 19.0. The number of rotatable bonds is 5. The van der Waals surface area contributed by atoms with Crippen LogP contribution in [0, 0.1) is 13.8 Å². The molecule has 1 N–H and O–H groups in total. The maximum Gasteiger partial charge on any atom is 0.289 e. The Hall–Kier alpha value is -3.35. The number of piperazine rings is 1. The van der Waals surface area contributed by atoms with E-state index < -0.39 is 0 Å². The van der Waals surface area contributed by atoms with Crippen LogP contribution in [0.1, 0.15) is 27.5 Å². The van der Waals surface area contributed by atoms with E-state index in [1.807, 2.05) is 30.0 Å². The SMILES string of the molecule is Cc1nc(NCc2ccccc2C)cc(N2CCN(C(=O)c3ccco3)CC2)n1. The molecule has 0 unspecified atom stereocenters. The van der Waals surface area contributed by atoms with Gasteiger partial charge in [-0.15, -0.1) is 0 Å².